The minimum atomic E-state index is -0.00694. The van der Waals surface area contributed by atoms with Gasteiger partial charge in [0.2, 0.25) is 11.8 Å². The van der Waals surface area contributed by atoms with Crippen LogP contribution in [0.2, 0.25) is 0 Å². The molecular formula is C25H30N4O2. The number of amides is 2. The van der Waals surface area contributed by atoms with Crippen molar-refractivity contribution in [1.29, 1.82) is 0 Å². The number of H-pyrrole nitrogens is 1. The van der Waals surface area contributed by atoms with Crippen molar-refractivity contribution in [2.24, 2.45) is 17.8 Å². The van der Waals surface area contributed by atoms with Gasteiger partial charge in [0.1, 0.15) is 5.82 Å². The molecule has 4 rings (SSSR count). The number of anilines is 1. The maximum absolute atomic E-state index is 13.0. The number of carbonyl (C=O) groups is 2. The monoisotopic (exact) mass is 418 g/mol. The van der Waals surface area contributed by atoms with Crippen LogP contribution in [0, 0.1) is 17.8 Å². The number of aromatic amines is 1. The van der Waals surface area contributed by atoms with Crippen molar-refractivity contribution >= 4 is 28.5 Å². The summed E-state index contributed by atoms with van der Waals surface area (Å²) in [7, 11) is 1.84. The molecule has 2 amide bonds. The van der Waals surface area contributed by atoms with Crippen LogP contribution in [0.3, 0.4) is 0 Å². The molecule has 6 heteroatoms. The van der Waals surface area contributed by atoms with Crippen molar-refractivity contribution in [3.63, 3.8) is 0 Å². The quantitative estimate of drug-likeness (QED) is 0.623. The molecule has 6 nitrogen and oxygen atoms in total. The Morgan fingerprint density at radius 3 is 2.58 bits per heavy atom. The molecule has 0 unspecified atom stereocenters. The molecule has 3 aromatic rings. The van der Waals surface area contributed by atoms with E-state index in [9.17, 15) is 9.59 Å². The van der Waals surface area contributed by atoms with Gasteiger partial charge >= 0.3 is 0 Å². The lowest BCUT2D eigenvalue weighted by molar-refractivity contribution is -0.124. The van der Waals surface area contributed by atoms with Crippen molar-refractivity contribution in [2.45, 2.75) is 33.1 Å². The van der Waals surface area contributed by atoms with Crippen molar-refractivity contribution < 1.29 is 9.59 Å². The first-order chi connectivity index (χ1) is 14.9. The van der Waals surface area contributed by atoms with Crippen LogP contribution in [0.4, 0.5) is 5.69 Å². The summed E-state index contributed by atoms with van der Waals surface area (Å²) in [6.45, 7) is 4.45. The standard InChI is InChI=1S/C25H30N4O2/c1-16(2)24(30)26-15-17-8-9-19(14-17)25(31)29(3)20-12-10-18(11-13-20)23-27-21-6-4-5-7-22(21)28-23/h4-7,10-13,16-17,19H,8-9,14-15H2,1-3H3,(H,26,30)(H,27,28)/t17-,19+/m0/s1. The molecule has 0 aliphatic heterocycles. The predicted molar refractivity (Wildman–Crippen MR) is 124 cm³/mol. The minimum Gasteiger partial charge on any atom is -0.356 e. The lowest BCUT2D eigenvalue weighted by Crippen LogP contribution is -2.33. The molecule has 1 aliphatic rings. The Morgan fingerprint density at radius 2 is 1.87 bits per heavy atom. The van der Waals surface area contributed by atoms with E-state index < -0.39 is 0 Å². The van der Waals surface area contributed by atoms with Gasteiger partial charge in [0, 0.05) is 36.7 Å². The van der Waals surface area contributed by atoms with E-state index in [4.69, 9.17) is 0 Å². The molecule has 1 aliphatic carbocycles. The van der Waals surface area contributed by atoms with E-state index in [2.05, 4.69) is 15.3 Å². The number of rotatable bonds is 6. The second kappa shape index (κ2) is 8.92. The van der Waals surface area contributed by atoms with Crippen molar-refractivity contribution in [3.8, 4) is 11.4 Å². The average Bonchev–Trinajstić information content (AvgIpc) is 3.43. The Morgan fingerprint density at radius 1 is 1.13 bits per heavy atom. The van der Waals surface area contributed by atoms with E-state index in [0.29, 0.717) is 12.5 Å². The number of hydrogen-bond acceptors (Lipinski definition) is 3. The molecule has 162 valence electrons. The molecule has 31 heavy (non-hydrogen) atoms. The van der Waals surface area contributed by atoms with E-state index in [1.165, 1.54) is 0 Å². The minimum absolute atomic E-state index is 0.00694. The Balaban J connectivity index is 1.37. The van der Waals surface area contributed by atoms with Gasteiger partial charge in [-0.25, -0.2) is 4.98 Å². The summed E-state index contributed by atoms with van der Waals surface area (Å²) in [6.07, 6.45) is 2.69. The summed E-state index contributed by atoms with van der Waals surface area (Å²) in [5, 5.41) is 3.00. The van der Waals surface area contributed by atoms with Gasteiger partial charge in [-0.1, -0.05) is 26.0 Å². The fourth-order valence-electron chi connectivity index (χ4n) is 4.27. The van der Waals surface area contributed by atoms with Gasteiger partial charge in [0.25, 0.3) is 0 Å². The van der Waals surface area contributed by atoms with E-state index >= 15 is 0 Å². The zero-order valence-corrected chi connectivity index (χ0v) is 18.4. The Bertz CT molecular complexity index is 1040. The molecule has 0 spiro atoms. The van der Waals surface area contributed by atoms with Crippen LogP contribution in [0.5, 0.6) is 0 Å². The molecule has 0 bridgehead atoms. The molecule has 1 heterocycles. The lowest BCUT2D eigenvalue weighted by Gasteiger charge is -2.21. The number of fused-ring (bicyclic) bond motifs is 1. The van der Waals surface area contributed by atoms with E-state index in [0.717, 1.165) is 47.4 Å². The van der Waals surface area contributed by atoms with Crippen molar-refractivity contribution in [2.75, 3.05) is 18.5 Å². The first-order valence-electron chi connectivity index (χ1n) is 11.0. The summed E-state index contributed by atoms with van der Waals surface area (Å²) in [6, 6.07) is 15.9. The van der Waals surface area contributed by atoms with Gasteiger partial charge < -0.3 is 15.2 Å². The number of nitrogens with zero attached hydrogens (tertiary/aromatic N) is 2. The Hall–Kier alpha value is -3.15. The number of benzene rings is 2. The third-order valence-corrected chi connectivity index (χ3v) is 6.23. The number of aromatic nitrogens is 2. The van der Waals surface area contributed by atoms with Gasteiger partial charge in [-0.05, 0) is 61.6 Å². The number of carbonyl (C=O) groups excluding carboxylic acids is 2. The van der Waals surface area contributed by atoms with Crippen LogP contribution in [-0.4, -0.2) is 35.4 Å². The first kappa shape index (κ1) is 21.1. The molecule has 1 fully saturated rings. The van der Waals surface area contributed by atoms with Crippen LogP contribution in [-0.2, 0) is 9.59 Å². The largest absolute Gasteiger partial charge is 0.356 e. The van der Waals surface area contributed by atoms with Gasteiger partial charge in [-0.2, -0.15) is 0 Å². The highest BCUT2D eigenvalue weighted by Crippen LogP contribution is 2.33. The van der Waals surface area contributed by atoms with Gasteiger partial charge in [0.05, 0.1) is 11.0 Å². The maximum atomic E-state index is 13.0. The summed E-state index contributed by atoms with van der Waals surface area (Å²) >= 11 is 0. The molecule has 2 aromatic carbocycles. The number of hydrogen-bond donors (Lipinski definition) is 2. The fourth-order valence-corrected chi connectivity index (χ4v) is 4.27. The third-order valence-electron chi connectivity index (χ3n) is 6.23. The molecular weight excluding hydrogens is 388 g/mol. The van der Waals surface area contributed by atoms with E-state index in [1.807, 2.05) is 69.4 Å². The molecule has 2 atom stereocenters. The van der Waals surface area contributed by atoms with Gasteiger partial charge in [0.15, 0.2) is 0 Å². The number of para-hydroxylation sites is 2. The van der Waals surface area contributed by atoms with Gasteiger partial charge in [-0.3, -0.25) is 9.59 Å². The second-order valence-corrected chi connectivity index (χ2v) is 8.82. The SMILES string of the molecule is CC(C)C(=O)NC[C@H]1CC[C@@H](C(=O)N(C)c2ccc(-c3nc4ccccc4[nH]3)cc2)C1. The molecule has 1 aromatic heterocycles. The zero-order chi connectivity index (χ0) is 22.0. The summed E-state index contributed by atoms with van der Waals surface area (Å²) < 4.78 is 0. The highest BCUT2D eigenvalue weighted by Gasteiger charge is 2.32. The molecule has 0 radical (unpaired) electrons. The highest BCUT2D eigenvalue weighted by atomic mass is 16.2. The average molecular weight is 419 g/mol. The number of nitrogens with one attached hydrogen (secondary N) is 2. The zero-order valence-electron chi connectivity index (χ0n) is 18.4. The normalized spacial score (nSPS) is 18.5. The van der Waals surface area contributed by atoms with Crippen molar-refractivity contribution in [1.82, 2.24) is 15.3 Å². The molecule has 2 N–H and O–H groups in total. The summed E-state index contributed by atoms with van der Waals surface area (Å²) in [5.74, 6) is 1.43. The maximum Gasteiger partial charge on any atom is 0.229 e. The van der Waals surface area contributed by atoms with Crippen molar-refractivity contribution in [3.05, 3.63) is 48.5 Å². The van der Waals surface area contributed by atoms with E-state index in [1.54, 1.807) is 4.90 Å². The fraction of sp³-hybridized carbons (Fsp3) is 0.400. The Kier molecular flexibility index (Phi) is 6.07. The smallest absolute Gasteiger partial charge is 0.229 e. The Labute approximate surface area is 183 Å². The molecule has 0 saturated heterocycles. The second-order valence-electron chi connectivity index (χ2n) is 8.82. The van der Waals surface area contributed by atoms with Gasteiger partial charge in [-0.15, -0.1) is 0 Å². The van der Waals surface area contributed by atoms with E-state index in [-0.39, 0.29) is 23.7 Å². The topological polar surface area (TPSA) is 78.1 Å². The van der Waals surface area contributed by atoms with Crippen LogP contribution < -0.4 is 10.2 Å². The predicted octanol–water partition coefficient (Wildman–Crippen LogP) is 4.38. The first-order valence-corrected chi connectivity index (χ1v) is 11.0. The highest BCUT2D eigenvalue weighted by molar-refractivity contribution is 5.95. The third kappa shape index (κ3) is 4.63. The summed E-state index contributed by atoms with van der Waals surface area (Å²) in [5.41, 5.74) is 3.81. The van der Waals surface area contributed by atoms with Crippen LogP contribution in [0.15, 0.2) is 48.5 Å². The summed E-state index contributed by atoms with van der Waals surface area (Å²) in [4.78, 5) is 34.6. The lowest BCUT2D eigenvalue weighted by atomic mass is 10.0. The van der Waals surface area contributed by atoms with Crippen LogP contribution in [0.25, 0.3) is 22.4 Å². The number of imidazole rings is 1. The molecule has 1 saturated carbocycles. The van der Waals surface area contributed by atoms with Crippen LogP contribution >= 0.6 is 0 Å². The van der Waals surface area contributed by atoms with Crippen LogP contribution in [0.1, 0.15) is 33.1 Å².